The van der Waals surface area contributed by atoms with Gasteiger partial charge in [-0.25, -0.2) is 0 Å². The second-order valence-electron chi connectivity index (χ2n) is 5.41. The number of aryl methyl sites for hydroxylation is 1. The summed E-state index contributed by atoms with van der Waals surface area (Å²) in [7, 11) is 0. The minimum atomic E-state index is -0.728. The van der Waals surface area contributed by atoms with Gasteiger partial charge in [-0.15, -0.1) is 0 Å². The first-order chi connectivity index (χ1) is 9.90. The third-order valence-corrected chi connectivity index (χ3v) is 3.42. The summed E-state index contributed by atoms with van der Waals surface area (Å²) in [5.41, 5.74) is 2.59. The molecule has 0 aliphatic rings. The van der Waals surface area contributed by atoms with Crippen LogP contribution in [0.15, 0.2) is 18.2 Å². The van der Waals surface area contributed by atoms with Crippen LogP contribution in [0.1, 0.15) is 44.2 Å². The molecule has 0 heterocycles. The van der Waals surface area contributed by atoms with E-state index >= 15 is 0 Å². The monoisotopic (exact) mass is 292 g/mol. The lowest BCUT2D eigenvalue weighted by molar-refractivity contribution is -0.136. The number of anilines is 1. The Bertz CT molecular complexity index is 508. The molecule has 1 rings (SSSR count). The standard InChI is InChI=1S/C16H24N2O3/c1-5-12(9-19)17-15(20)16(21)18-14-11(4)7-6-8-13(14)10(2)3/h6-8,10,12,19H,5,9H2,1-4H3,(H,17,20)(H,18,21). The smallest absolute Gasteiger partial charge is 0.313 e. The van der Waals surface area contributed by atoms with Crippen molar-refractivity contribution >= 4 is 17.5 Å². The van der Waals surface area contributed by atoms with E-state index in [-0.39, 0.29) is 12.5 Å². The maximum Gasteiger partial charge on any atom is 0.313 e. The van der Waals surface area contributed by atoms with E-state index < -0.39 is 17.9 Å². The van der Waals surface area contributed by atoms with Gasteiger partial charge in [-0.1, -0.05) is 39.0 Å². The predicted octanol–water partition coefficient (Wildman–Crippen LogP) is 1.94. The van der Waals surface area contributed by atoms with E-state index in [1.165, 1.54) is 0 Å². The minimum Gasteiger partial charge on any atom is -0.394 e. The van der Waals surface area contributed by atoms with E-state index in [1.54, 1.807) is 0 Å². The predicted molar refractivity (Wildman–Crippen MR) is 83.2 cm³/mol. The first kappa shape index (κ1) is 17.2. The lowest BCUT2D eigenvalue weighted by atomic mass is 9.98. The van der Waals surface area contributed by atoms with Crippen molar-refractivity contribution < 1.29 is 14.7 Å². The number of carbonyl (C=O) groups excluding carboxylic acids is 2. The van der Waals surface area contributed by atoms with E-state index in [4.69, 9.17) is 5.11 Å². The number of aliphatic hydroxyl groups is 1. The first-order valence-electron chi connectivity index (χ1n) is 7.22. The number of hydrogen-bond acceptors (Lipinski definition) is 3. The van der Waals surface area contributed by atoms with Crippen molar-refractivity contribution in [2.75, 3.05) is 11.9 Å². The molecule has 116 valence electrons. The van der Waals surface area contributed by atoms with Crippen LogP contribution in [-0.4, -0.2) is 29.6 Å². The van der Waals surface area contributed by atoms with Crippen LogP contribution >= 0.6 is 0 Å². The average Bonchev–Trinajstić information content (AvgIpc) is 2.46. The van der Waals surface area contributed by atoms with Gasteiger partial charge < -0.3 is 15.7 Å². The highest BCUT2D eigenvalue weighted by Gasteiger charge is 2.19. The number of benzene rings is 1. The Kier molecular flexibility index (Phi) is 6.37. The summed E-state index contributed by atoms with van der Waals surface area (Å²) < 4.78 is 0. The largest absolute Gasteiger partial charge is 0.394 e. The van der Waals surface area contributed by atoms with Gasteiger partial charge in [0.05, 0.1) is 12.6 Å². The van der Waals surface area contributed by atoms with Gasteiger partial charge in [0.25, 0.3) is 0 Å². The third-order valence-electron chi connectivity index (χ3n) is 3.42. The molecule has 0 aliphatic carbocycles. The summed E-state index contributed by atoms with van der Waals surface area (Å²) in [5, 5.41) is 14.2. The molecule has 0 fully saturated rings. The molecule has 21 heavy (non-hydrogen) atoms. The Morgan fingerprint density at radius 1 is 1.24 bits per heavy atom. The quantitative estimate of drug-likeness (QED) is 0.726. The molecular weight excluding hydrogens is 268 g/mol. The normalized spacial score (nSPS) is 12.1. The molecule has 0 saturated carbocycles. The topological polar surface area (TPSA) is 78.4 Å². The molecule has 1 atom stereocenters. The number of nitrogens with one attached hydrogen (secondary N) is 2. The molecular formula is C16H24N2O3. The summed E-state index contributed by atoms with van der Waals surface area (Å²) in [5.74, 6) is -1.20. The van der Waals surface area contributed by atoms with Gasteiger partial charge in [0.1, 0.15) is 0 Å². The number of aliphatic hydroxyl groups excluding tert-OH is 1. The summed E-state index contributed by atoms with van der Waals surface area (Å²) in [6.07, 6.45) is 0.567. The Balaban J connectivity index is 2.86. The highest BCUT2D eigenvalue weighted by atomic mass is 16.3. The van der Waals surface area contributed by atoms with Crippen molar-refractivity contribution in [3.63, 3.8) is 0 Å². The second kappa shape index (κ2) is 7.78. The summed E-state index contributed by atoms with van der Waals surface area (Å²) in [6.45, 7) is 7.60. The van der Waals surface area contributed by atoms with Crippen LogP contribution in [0.25, 0.3) is 0 Å². The van der Waals surface area contributed by atoms with E-state index in [9.17, 15) is 9.59 Å². The van der Waals surface area contributed by atoms with Gasteiger partial charge in [0, 0.05) is 5.69 Å². The highest BCUT2D eigenvalue weighted by molar-refractivity contribution is 6.39. The maximum absolute atomic E-state index is 12.0. The van der Waals surface area contributed by atoms with Crippen LogP contribution in [0.3, 0.4) is 0 Å². The molecule has 0 saturated heterocycles. The van der Waals surface area contributed by atoms with Gasteiger partial charge >= 0.3 is 11.8 Å². The summed E-state index contributed by atoms with van der Waals surface area (Å²) in [4.78, 5) is 23.8. The van der Waals surface area contributed by atoms with Crippen LogP contribution in [0, 0.1) is 6.92 Å². The Morgan fingerprint density at radius 3 is 2.43 bits per heavy atom. The fraction of sp³-hybridized carbons (Fsp3) is 0.500. The van der Waals surface area contributed by atoms with Crippen molar-refractivity contribution in [3.8, 4) is 0 Å². The van der Waals surface area contributed by atoms with Crippen molar-refractivity contribution in [3.05, 3.63) is 29.3 Å². The first-order valence-corrected chi connectivity index (χ1v) is 7.22. The van der Waals surface area contributed by atoms with Crippen molar-refractivity contribution in [2.45, 2.75) is 46.1 Å². The van der Waals surface area contributed by atoms with Crippen molar-refractivity contribution in [2.24, 2.45) is 0 Å². The summed E-state index contributed by atoms with van der Waals surface area (Å²) in [6, 6.07) is 5.36. The van der Waals surface area contributed by atoms with Crippen LogP contribution in [-0.2, 0) is 9.59 Å². The Hall–Kier alpha value is -1.88. The van der Waals surface area contributed by atoms with E-state index in [0.29, 0.717) is 12.1 Å². The molecule has 5 nitrogen and oxygen atoms in total. The molecule has 5 heteroatoms. The van der Waals surface area contributed by atoms with Crippen molar-refractivity contribution in [1.82, 2.24) is 5.32 Å². The zero-order chi connectivity index (χ0) is 16.0. The van der Waals surface area contributed by atoms with E-state index in [0.717, 1.165) is 11.1 Å². The van der Waals surface area contributed by atoms with Crippen LogP contribution in [0.2, 0.25) is 0 Å². The maximum atomic E-state index is 12.0. The fourth-order valence-corrected chi connectivity index (χ4v) is 2.04. The molecule has 2 amide bonds. The molecule has 0 bridgehead atoms. The number of hydrogen-bond donors (Lipinski definition) is 3. The molecule has 1 unspecified atom stereocenters. The van der Waals surface area contributed by atoms with E-state index in [1.807, 2.05) is 45.9 Å². The second-order valence-corrected chi connectivity index (χ2v) is 5.41. The Morgan fingerprint density at radius 2 is 1.90 bits per heavy atom. The zero-order valence-corrected chi connectivity index (χ0v) is 13.1. The average molecular weight is 292 g/mol. The zero-order valence-electron chi connectivity index (χ0n) is 13.1. The number of rotatable bonds is 5. The molecule has 3 N–H and O–H groups in total. The van der Waals surface area contributed by atoms with Gasteiger partial charge in [0.15, 0.2) is 0 Å². The fourth-order valence-electron chi connectivity index (χ4n) is 2.04. The van der Waals surface area contributed by atoms with Gasteiger partial charge in [-0.2, -0.15) is 0 Å². The molecule has 0 radical (unpaired) electrons. The lowest BCUT2D eigenvalue weighted by Gasteiger charge is -2.17. The van der Waals surface area contributed by atoms with Gasteiger partial charge in [-0.3, -0.25) is 9.59 Å². The number of carbonyl (C=O) groups is 2. The lowest BCUT2D eigenvalue weighted by Crippen LogP contribution is -2.43. The van der Waals surface area contributed by atoms with E-state index in [2.05, 4.69) is 10.6 Å². The molecule has 0 aromatic heterocycles. The Labute approximate surface area is 125 Å². The SMILES string of the molecule is CCC(CO)NC(=O)C(=O)Nc1c(C)cccc1C(C)C. The summed E-state index contributed by atoms with van der Waals surface area (Å²) >= 11 is 0. The molecule has 0 aliphatic heterocycles. The van der Waals surface area contributed by atoms with Crippen LogP contribution in [0.4, 0.5) is 5.69 Å². The third kappa shape index (κ3) is 4.56. The molecule has 1 aromatic carbocycles. The van der Waals surface area contributed by atoms with Gasteiger partial charge in [-0.05, 0) is 30.4 Å². The van der Waals surface area contributed by atoms with Crippen LogP contribution < -0.4 is 10.6 Å². The number of para-hydroxylation sites is 1. The van der Waals surface area contributed by atoms with Crippen molar-refractivity contribution in [1.29, 1.82) is 0 Å². The number of amides is 2. The van der Waals surface area contributed by atoms with Crippen LogP contribution in [0.5, 0.6) is 0 Å². The molecule has 1 aromatic rings. The highest BCUT2D eigenvalue weighted by Crippen LogP contribution is 2.27. The van der Waals surface area contributed by atoms with Gasteiger partial charge in [0.2, 0.25) is 0 Å². The molecule has 0 spiro atoms. The minimum absolute atomic E-state index is 0.183.